The minimum Gasteiger partial charge on any atom is -0.303 e. The predicted octanol–water partition coefficient (Wildman–Crippen LogP) is 1.16. The second kappa shape index (κ2) is 5.96. The van der Waals surface area contributed by atoms with E-state index in [1.807, 2.05) is 0 Å². The number of hydrogen-bond acceptors (Lipinski definition) is 6. The second-order valence-corrected chi connectivity index (χ2v) is 5.69. The van der Waals surface area contributed by atoms with Crippen molar-refractivity contribution in [1.82, 2.24) is 14.8 Å². The highest BCUT2D eigenvalue weighted by atomic mass is 32.1. The standard InChI is InChI=1S/C13H14N4O3S/c1-7-4-5-10(8(2)18)12(20)17(7)6-11(19)14-13-16-15-9(3)21-13/h4-5H,6H2,1-3H3,(H,14,16,19). The molecule has 8 heteroatoms. The summed E-state index contributed by atoms with van der Waals surface area (Å²) in [5.41, 5.74) is 0.208. The first-order valence-corrected chi connectivity index (χ1v) is 7.01. The largest absolute Gasteiger partial charge is 0.303 e. The zero-order valence-corrected chi connectivity index (χ0v) is 12.7. The lowest BCUT2D eigenvalue weighted by Crippen LogP contribution is -2.32. The molecule has 0 aliphatic rings. The Morgan fingerprint density at radius 2 is 2.00 bits per heavy atom. The molecule has 2 aromatic heterocycles. The number of ketones is 1. The summed E-state index contributed by atoms with van der Waals surface area (Å²) in [5.74, 6) is -0.717. The topological polar surface area (TPSA) is 93.9 Å². The smallest absolute Gasteiger partial charge is 0.262 e. The van der Waals surface area contributed by atoms with Crippen LogP contribution >= 0.6 is 11.3 Å². The minimum atomic E-state index is -0.467. The van der Waals surface area contributed by atoms with Gasteiger partial charge < -0.3 is 4.57 Å². The Kier molecular flexibility index (Phi) is 4.27. The van der Waals surface area contributed by atoms with Gasteiger partial charge in [0.05, 0.1) is 5.56 Å². The van der Waals surface area contributed by atoms with Crippen molar-refractivity contribution < 1.29 is 9.59 Å². The molecule has 1 N–H and O–H groups in total. The van der Waals surface area contributed by atoms with Crippen molar-refractivity contribution in [2.45, 2.75) is 27.3 Å². The highest BCUT2D eigenvalue weighted by Crippen LogP contribution is 2.13. The number of aromatic nitrogens is 3. The molecule has 0 saturated carbocycles. The Labute approximate surface area is 124 Å². The maximum Gasteiger partial charge on any atom is 0.262 e. The van der Waals surface area contributed by atoms with Crippen molar-refractivity contribution in [2.75, 3.05) is 5.32 Å². The Morgan fingerprint density at radius 3 is 2.57 bits per heavy atom. The molecule has 0 spiro atoms. The van der Waals surface area contributed by atoms with Crippen LogP contribution in [-0.4, -0.2) is 26.5 Å². The fourth-order valence-electron chi connectivity index (χ4n) is 1.78. The zero-order valence-electron chi connectivity index (χ0n) is 11.8. The normalized spacial score (nSPS) is 10.4. The summed E-state index contributed by atoms with van der Waals surface area (Å²) in [6.45, 7) is 4.62. The third-order valence-electron chi connectivity index (χ3n) is 2.85. The van der Waals surface area contributed by atoms with E-state index in [4.69, 9.17) is 0 Å². The lowest BCUT2D eigenvalue weighted by Gasteiger charge is -2.10. The van der Waals surface area contributed by atoms with Crippen molar-refractivity contribution >= 4 is 28.2 Å². The van der Waals surface area contributed by atoms with Gasteiger partial charge in [0.25, 0.3) is 5.56 Å². The summed E-state index contributed by atoms with van der Waals surface area (Å²) < 4.78 is 1.26. The molecule has 2 heterocycles. The van der Waals surface area contributed by atoms with E-state index in [0.717, 1.165) is 5.01 Å². The van der Waals surface area contributed by atoms with Gasteiger partial charge >= 0.3 is 0 Å². The summed E-state index contributed by atoms with van der Waals surface area (Å²) in [7, 11) is 0. The van der Waals surface area contributed by atoms with Gasteiger partial charge in [-0.05, 0) is 32.9 Å². The summed E-state index contributed by atoms with van der Waals surface area (Å²) in [6.07, 6.45) is 0. The molecular weight excluding hydrogens is 292 g/mol. The lowest BCUT2D eigenvalue weighted by atomic mass is 10.2. The molecule has 0 aromatic carbocycles. The SMILES string of the molecule is CC(=O)c1ccc(C)n(CC(=O)Nc2nnc(C)s2)c1=O. The van der Waals surface area contributed by atoms with E-state index < -0.39 is 11.5 Å². The number of hydrogen-bond donors (Lipinski definition) is 1. The molecule has 110 valence electrons. The van der Waals surface area contributed by atoms with Crippen LogP contribution in [0.1, 0.15) is 28.0 Å². The van der Waals surface area contributed by atoms with Gasteiger partial charge in [0.15, 0.2) is 5.78 Å². The summed E-state index contributed by atoms with van der Waals surface area (Å²) in [6, 6.07) is 3.11. The predicted molar refractivity (Wildman–Crippen MR) is 78.7 cm³/mol. The molecule has 7 nitrogen and oxygen atoms in total. The fourth-order valence-corrected chi connectivity index (χ4v) is 2.39. The van der Waals surface area contributed by atoms with Gasteiger partial charge in [0.2, 0.25) is 11.0 Å². The first-order valence-electron chi connectivity index (χ1n) is 6.20. The molecule has 0 unspecified atom stereocenters. The molecule has 0 radical (unpaired) electrons. The highest BCUT2D eigenvalue weighted by molar-refractivity contribution is 7.15. The number of nitrogens with zero attached hydrogens (tertiary/aromatic N) is 3. The average molecular weight is 306 g/mol. The number of carbonyl (C=O) groups is 2. The quantitative estimate of drug-likeness (QED) is 0.855. The van der Waals surface area contributed by atoms with Gasteiger partial charge in [-0.15, -0.1) is 10.2 Å². The van der Waals surface area contributed by atoms with Crippen molar-refractivity contribution in [3.8, 4) is 0 Å². The number of rotatable bonds is 4. The number of aryl methyl sites for hydroxylation is 2. The van der Waals surface area contributed by atoms with Gasteiger partial charge in [-0.2, -0.15) is 0 Å². The fraction of sp³-hybridized carbons (Fsp3) is 0.308. The number of Topliss-reactive ketones (excluding diaryl/α,β-unsaturated/α-hetero) is 1. The van der Waals surface area contributed by atoms with E-state index in [2.05, 4.69) is 15.5 Å². The molecular formula is C13H14N4O3S. The summed E-state index contributed by atoms with van der Waals surface area (Å²) in [4.78, 5) is 35.5. The number of nitrogens with one attached hydrogen (secondary N) is 1. The lowest BCUT2D eigenvalue weighted by molar-refractivity contribution is -0.116. The van der Waals surface area contributed by atoms with Crippen LogP contribution in [-0.2, 0) is 11.3 Å². The molecule has 0 saturated heterocycles. The van der Waals surface area contributed by atoms with E-state index >= 15 is 0 Å². The maximum absolute atomic E-state index is 12.2. The Hall–Kier alpha value is -2.35. The van der Waals surface area contributed by atoms with E-state index in [1.165, 1.54) is 28.9 Å². The van der Waals surface area contributed by atoms with Crippen molar-refractivity contribution in [2.24, 2.45) is 0 Å². The molecule has 2 rings (SSSR count). The Morgan fingerprint density at radius 1 is 1.29 bits per heavy atom. The van der Waals surface area contributed by atoms with Crippen LogP contribution in [0.4, 0.5) is 5.13 Å². The van der Waals surface area contributed by atoms with Crippen LogP contribution < -0.4 is 10.9 Å². The second-order valence-electron chi connectivity index (χ2n) is 4.51. The summed E-state index contributed by atoms with van der Waals surface area (Å²) in [5, 5.41) is 11.3. The Bertz CT molecular complexity index is 763. The first-order chi connectivity index (χ1) is 9.88. The van der Waals surface area contributed by atoms with E-state index in [1.54, 1.807) is 19.9 Å². The van der Waals surface area contributed by atoms with Crippen LogP contribution in [0, 0.1) is 13.8 Å². The molecule has 0 fully saturated rings. The minimum absolute atomic E-state index is 0.0696. The van der Waals surface area contributed by atoms with Crippen molar-refractivity contribution in [1.29, 1.82) is 0 Å². The van der Waals surface area contributed by atoms with Crippen LogP contribution in [0.15, 0.2) is 16.9 Å². The van der Waals surface area contributed by atoms with Gasteiger partial charge in [-0.1, -0.05) is 11.3 Å². The number of carbonyl (C=O) groups excluding carboxylic acids is 2. The Balaban J connectivity index is 2.23. The van der Waals surface area contributed by atoms with Gasteiger partial charge in [0, 0.05) is 5.69 Å². The van der Waals surface area contributed by atoms with E-state index in [-0.39, 0.29) is 17.9 Å². The molecule has 0 atom stereocenters. The van der Waals surface area contributed by atoms with Crippen molar-refractivity contribution in [3.05, 3.63) is 38.8 Å². The molecule has 0 aliphatic carbocycles. The average Bonchev–Trinajstić information content (AvgIpc) is 2.79. The van der Waals surface area contributed by atoms with Gasteiger partial charge in [-0.3, -0.25) is 19.7 Å². The number of pyridine rings is 1. The maximum atomic E-state index is 12.2. The van der Waals surface area contributed by atoms with E-state index in [9.17, 15) is 14.4 Å². The van der Waals surface area contributed by atoms with Crippen LogP contribution in [0.25, 0.3) is 0 Å². The molecule has 21 heavy (non-hydrogen) atoms. The van der Waals surface area contributed by atoms with Crippen LogP contribution in [0.2, 0.25) is 0 Å². The zero-order chi connectivity index (χ0) is 15.6. The third kappa shape index (κ3) is 3.40. The van der Waals surface area contributed by atoms with E-state index in [0.29, 0.717) is 10.8 Å². The van der Waals surface area contributed by atoms with Crippen LogP contribution in [0.5, 0.6) is 0 Å². The summed E-state index contributed by atoms with van der Waals surface area (Å²) >= 11 is 1.25. The third-order valence-corrected chi connectivity index (χ3v) is 3.60. The van der Waals surface area contributed by atoms with Gasteiger partial charge in [-0.25, -0.2) is 0 Å². The number of anilines is 1. The first kappa shape index (κ1) is 15.0. The highest BCUT2D eigenvalue weighted by Gasteiger charge is 2.13. The molecule has 2 aromatic rings. The van der Waals surface area contributed by atoms with Crippen molar-refractivity contribution in [3.63, 3.8) is 0 Å². The molecule has 1 amide bonds. The van der Waals surface area contributed by atoms with Gasteiger partial charge in [0.1, 0.15) is 11.6 Å². The number of amides is 1. The molecule has 0 aliphatic heterocycles. The van der Waals surface area contributed by atoms with Crippen LogP contribution in [0.3, 0.4) is 0 Å². The monoisotopic (exact) mass is 306 g/mol. The molecule has 0 bridgehead atoms.